The minimum atomic E-state index is -5.02. The summed E-state index contributed by atoms with van der Waals surface area (Å²) in [6.07, 6.45) is 2.78. The highest BCUT2D eigenvalue weighted by Crippen LogP contribution is 2.13. The van der Waals surface area contributed by atoms with Crippen LogP contribution in [0.15, 0.2) is 30.6 Å². The molecule has 16 heavy (non-hydrogen) atoms. The molecule has 0 saturated heterocycles. The average Bonchev–Trinajstić information content (AvgIpc) is 2.25. The van der Waals surface area contributed by atoms with Gasteiger partial charge < -0.3 is 17.7 Å². The third kappa shape index (κ3) is 3.60. The second-order valence-corrected chi connectivity index (χ2v) is 3.42. The fourth-order valence-corrected chi connectivity index (χ4v) is 0.981. The molecular weight excluding hydrogens is 218 g/mol. The van der Waals surface area contributed by atoms with Crippen molar-refractivity contribution in [3.05, 3.63) is 30.6 Å². The first kappa shape index (κ1) is 12.6. The van der Waals surface area contributed by atoms with Crippen molar-refractivity contribution in [2.75, 3.05) is 6.61 Å². The summed E-state index contributed by atoms with van der Waals surface area (Å²) < 4.78 is 42.3. The van der Waals surface area contributed by atoms with Crippen LogP contribution in [0.4, 0.5) is 12.9 Å². The van der Waals surface area contributed by atoms with Crippen LogP contribution in [0.2, 0.25) is 0 Å². The van der Waals surface area contributed by atoms with Crippen molar-refractivity contribution in [2.24, 2.45) is 0 Å². The van der Waals surface area contributed by atoms with Gasteiger partial charge in [-0.3, -0.25) is 4.98 Å². The normalized spacial score (nSPS) is 11.2. The second kappa shape index (κ2) is 5.05. The van der Waals surface area contributed by atoms with Gasteiger partial charge in [-0.2, -0.15) is 0 Å². The smallest absolute Gasteiger partial charge is 0.488 e. The summed E-state index contributed by atoms with van der Waals surface area (Å²) >= 11 is 0. The maximum Gasteiger partial charge on any atom is 0.511 e. The first-order valence-electron chi connectivity index (χ1n) is 4.87. The van der Waals surface area contributed by atoms with Crippen LogP contribution >= 0.6 is 0 Å². The number of hydrogen-bond donors (Lipinski definition) is 0. The number of aromatic nitrogens is 1. The van der Waals surface area contributed by atoms with Gasteiger partial charge in [0.15, 0.2) is 0 Å². The summed E-state index contributed by atoms with van der Waals surface area (Å²) in [5.74, 6) is 0.117. The molecule has 1 heterocycles. The molecule has 0 spiro atoms. The van der Waals surface area contributed by atoms with Crippen molar-refractivity contribution < 1.29 is 17.7 Å². The molecule has 0 aliphatic heterocycles. The van der Waals surface area contributed by atoms with E-state index in [0.717, 1.165) is 24.3 Å². The summed E-state index contributed by atoms with van der Waals surface area (Å²) in [7, 11) is 0. The molecule has 0 unspecified atom stereocenters. The highest BCUT2D eigenvalue weighted by atomic mass is 19.4. The lowest BCUT2D eigenvalue weighted by Crippen LogP contribution is -2.34. The summed E-state index contributed by atoms with van der Waals surface area (Å²) in [6, 6.07) is 0.954. The molecule has 6 heteroatoms. The van der Waals surface area contributed by atoms with Crippen molar-refractivity contribution >= 4 is 12.4 Å². The first-order chi connectivity index (χ1) is 7.43. The van der Waals surface area contributed by atoms with Gasteiger partial charge in [0.25, 0.3) is 0 Å². The minimum absolute atomic E-state index is 0.117. The number of rotatable bonds is 5. The lowest BCUT2D eigenvalue weighted by molar-refractivity contribution is 0.347. The van der Waals surface area contributed by atoms with E-state index >= 15 is 0 Å². The summed E-state index contributed by atoms with van der Waals surface area (Å²) in [5, 5.41) is 0. The third-order valence-electron chi connectivity index (χ3n) is 2.06. The summed E-state index contributed by atoms with van der Waals surface area (Å²) in [5.41, 5.74) is 0.0718. The van der Waals surface area contributed by atoms with E-state index in [0.29, 0.717) is 0 Å². The molecule has 0 aliphatic carbocycles. The molecule has 2 nitrogen and oxygen atoms in total. The molecule has 0 aliphatic rings. The largest absolute Gasteiger partial charge is 0.511 e. The van der Waals surface area contributed by atoms with Crippen molar-refractivity contribution in [1.82, 2.24) is 4.98 Å². The van der Waals surface area contributed by atoms with Crippen LogP contribution in [0.25, 0.3) is 0 Å². The zero-order chi connectivity index (χ0) is 12.2. The lowest BCUT2D eigenvalue weighted by Gasteiger charge is -2.15. The molecule has 0 amide bonds. The van der Waals surface area contributed by atoms with Gasteiger partial charge in [0.05, 0.1) is 6.20 Å². The Morgan fingerprint density at radius 2 is 2.12 bits per heavy atom. The first-order valence-corrected chi connectivity index (χ1v) is 4.87. The average molecular weight is 230 g/mol. The van der Waals surface area contributed by atoms with Gasteiger partial charge in [-0.05, 0) is 18.1 Å². The van der Waals surface area contributed by atoms with Crippen LogP contribution in [-0.2, 0) is 0 Å². The molecule has 0 fully saturated rings. The van der Waals surface area contributed by atoms with Crippen LogP contribution in [0.5, 0.6) is 5.75 Å². The number of halogens is 3. The van der Waals surface area contributed by atoms with Gasteiger partial charge in [0, 0.05) is 6.20 Å². The molecule has 1 aromatic heterocycles. The predicted octanol–water partition coefficient (Wildman–Crippen LogP) is 2.48. The Kier molecular flexibility index (Phi) is 3.98. The lowest BCUT2D eigenvalue weighted by atomic mass is 9.81. The van der Waals surface area contributed by atoms with Crippen LogP contribution in [-0.4, -0.2) is 18.6 Å². The fraction of sp³-hybridized carbons (Fsp3) is 0.300. The summed E-state index contributed by atoms with van der Waals surface area (Å²) in [6.45, 7) is 0.788. The Morgan fingerprint density at radius 3 is 2.69 bits per heavy atom. The zero-order valence-electron chi connectivity index (χ0n) is 8.92. The number of pyridine rings is 1. The highest BCUT2D eigenvalue weighted by Gasteiger charge is 2.26. The molecule has 0 saturated carbocycles. The highest BCUT2D eigenvalue weighted by molar-refractivity contribution is 6.73. The number of nitrogens with zero attached hydrogens (tertiary/aromatic N) is 1. The second-order valence-electron chi connectivity index (χ2n) is 3.42. The molecule has 0 bridgehead atoms. The van der Waals surface area contributed by atoms with Crippen LogP contribution in [0.1, 0.15) is 13.3 Å². The Labute approximate surface area is 92.2 Å². The third-order valence-corrected chi connectivity index (χ3v) is 2.06. The molecule has 0 N–H and O–H groups in total. The topological polar surface area (TPSA) is 22.1 Å². The van der Waals surface area contributed by atoms with Crippen molar-refractivity contribution in [3.63, 3.8) is 0 Å². The van der Waals surface area contributed by atoms with Crippen LogP contribution in [0.3, 0.4) is 0 Å². The van der Waals surface area contributed by atoms with Gasteiger partial charge in [0.2, 0.25) is 0 Å². The molecule has 88 valence electrons. The monoisotopic (exact) mass is 230 g/mol. The molecule has 0 radical (unpaired) electrons. The van der Waals surface area contributed by atoms with Crippen molar-refractivity contribution in [1.29, 1.82) is 0 Å². The van der Waals surface area contributed by atoms with Crippen LogP contribution in [0, 0.1) is 0 Å². The molecule has 1 aromatic rings. The zero-order valence-corrected chi connectivity index (χ0v) is 8.92. The maximum atomic E-state index is 12.4. The van der Waals surface area contributed by atoms with Crippen molar-refractivity contribution in [2.45, 2.75) is 13.3 Å². The Bertz CT molecular complexity index is 379. The molecule has 0 aromatic carbocycles. The van der Waals surface area contributed by atoms with Crippen LogP contribution < -0.4 is 10.2 Å². The quantitative estimate of drug-likeness (QED) is 0.572. The van der Waals surface area contributed by atoms with E-state index in [1.807, 2.05) is 6.92 Å². The van der Waals surface area contributed by atoms with Gasteiger partial charge >= 0.3 is 6.98 Å². The van der Waals surface area contributed by atoms with Crippen molar-refractivity contribution in [3.8, 4) is 5.75 Å². The van der Waals surface area contributed by atoms with E-state index in [9.17, 15) is 12.9 Å². The van der Waals surface area contributed by atoms with Gasteiger partial charge in [-0.25, -0.2) is 0 Å². The number of ether oxygens (including phenoxy) is 1. The minimum Gasteiger partial charge on any atom is -0.488 e. The van der Waals surface area contributed by atoms with E-state index in [2.05, 4.69) is 11.6 Å². The molecular formula is C10H12BF3NO-. The molecule has 1 rings (SSSR count). The van der Waals surface area contributed by atoms with E-state index in [4.69, 9.17) is 4.74 Å². The van der Waals surface area contributed by atoms with Gasteiger partial charge in [-0.1, -0.05) is 19.0 Å². The van der Waals surface area contributed by atoms with E-state index < -0.39 is 12.4 Å². The Morgan fingerprint density at radius 1 is 1.44 bits per heavy atom. The predicted molar refractivity (Wildman–Crippen MR) is 57.9 cm³/mol. The SMILES string of the molecule is C=C(CC)COc1cncc([B-](F)(F)F)c1. The van der Waals surface area contributed by atoms with Gasteiger partial charge in [0.1, 0.15) is 12.4 Å². The van der Waals surface area contributed by atoms with E-state index in [1.165, 1.54) is 6.20 Å². The number of hydrogen-bond acceptors (Lipinski definition) is 2. The van der Waals surface area contributed by atoms with Gasteiger partial charge in [-0.15, -0.1) is 0 Å². The summed E-state index contributed by atoms with van der Waals surface area (Å²) in [4.78, 5) is 3.50. The maximum absolute atomic E-state index is 12.4. The Balaban J connectivity index is 2.72. The fourth-order valence-electron chi connectivity index (χ4n) is 0.981. The Hall–Kier alpha value is -1.46. The van der Waals surface area contributed by atoms with E-state index in [1.54, 1.807) is 0 Å². The van der Waals surface area contributed by atoms with E-state index in [-0.39, 0.29) is 12.4 Å². The standard InChI is InChI=1S/C10H12BF3NO/c1-3-8(2)7-16-10-4-9(5-15-6-10)11(12,13)14/h4-6H,2-3,7H2,1H3/q-1. The molecule has 0 atom stereocenters.